The summed E-state index contributed by atoms with van der Waals surface area (Å²) in [6.07, 6.45) is 0.324. The summed E-state index contributed by atoms with van der Waals surface area (Å²) in [5, 5.41) is 0. The molecule has 0 fully saturated rings. The summed E-state index contributed by atoms with van der Waals surface area (Å²) in [4.78, 5) is 29.8. The maximum absolute atomic E-state index is 13.9. The molecule has 0 atom stereocenters. The largest absolute Gasteiger partial charge is 0.461 e. The quantitative estimate of drug-likeness (QED) is 0.719. The zero-order valence-electron chi connectivity index (χ0n) is 16.3. The van der Waals surface area contributed by atoms with Crippen LogP contribution in [-0.4, -0.2) is 29.3 Å². The third-order valence-corrected chi connectivity index (χ3v) is 3.46. The standard InChI is InChI=1S/C19H23FN2O5/c1-7-25-16(23)14-10-26-17(21-14)22(18(24)27-19(4,5)6)15-9-11(2)13(20)8-12(15)3/h8-10H,7H2,1-6H3. The van der Waals surface area contributed by atoms with Gasteiger partial charge in [-0.1, -0.05) is 0 Å². The zero-order valence-corrected chi connectivity index (χ0v) is 16.3. The fourth-order valence-corrected chi connectivity index (χ4v) is 2.26. The Balaban J connectivity index is 2.53. The van der Waals surface area contributed by atoms with Crippen LogP contribution in [-0.2, 0) is 9.47 Å². The number of amides is 1. The van der Waals surface area contributed by atoms with Crippen LogP contribution in [0, 0.1) is 19.7 Å². The number of halogens is 1. The van der Waals surface area contributed by atoms with E-state index in [0.29, 0.717) is 16.8 Å². The molecule has 0 spiro atoms. The molecule has 8 heteroatoms. The van der Waals surface area contributed by atoms with Gasteiger partial charge >= 0.3 is 18.1 Å². The molecule has 0 radical (unpaired) electrons. The van der Waals surface area contributed by atoms with Crippen molar-refractivity contribution in [2.75, 3.05) is 11.5 Å². The molecule has 27 heavy (non-hydrogen) atoms. The average Bonchev–Trinajstić information content (AvgIpc) is 3.00. The third-order valence-electron chi connectivity index (χ3n) is 3.46. The maximum Gasteiger partial charge on any atom is 0.423 e. The van der Waals surface area contributed by atoms with Gasteiger partial charge in [-0.25, -0.2) is 14.0 Å². The number of esters is 1. The number of hydrogen-bond acceptors (Lipinski definition) is 6. The van der Waals surface area contributed by atoms with Crippen molar-refractivity contribution in [3.05, 3.63) is 41.0 Å². The van der Waals surface area contributed by atoms with Crippen molar-refractivity contribution < 1.29 is 27.9 Å². The number of aryl methyl sites for hydroxylation is 2. The van der Waals surface area contributed by atoms with Gasteiger partial charge in [-0.2, -0.15) is 9.88 Å². The van der Waals surface area contributed by atoms with E-state index in [1.54, 1.807) is 41.5 Å². The second-order valence-electron chi connectivity index (χ2n) is 6.94. The molecule has 1 heterocycles. The second-order valence-corrected chi connectivity index (χ2v) is 6.94. The molecule has 1 amide bonds. The molecule has 0 unspecified atom stereocenters. The zero-order chi connectivity index (χ0) is 20.4. The summed E-state index contributed by atoms with van der Waals surface area (Å²) >= 11 is 0. The summed E-state index contributed by atoms with van der Waals surface area (Å²) in [7, 11) is 0. The van der Waals surface area contributed by atoms with Crippen molar-refractivity contribution in [3.8, 4) is 0 Å². The van der Waals surface area contributed by atoms with Gasteiger partial charge in [0.2, 0.25) is 0 Å². The van der Waals surface area contributed by atoms with Gasteiger partial charge in [0.25, 0.3) is 0 Å². The lowest BCUT2D eigenvalue weighted by molar-refractivity contribution is 0.0517. The molecule has 0 bridgehead atoms. The Morgan fingerprint density at radius 2 is 1.89 bits per heavy atom. The Bertz CT molecular complexity index is 854. The third kappa shape index (κ3) is 4.84. The Hall–Kier alpha value is -2.90. The van der Waals surface area contributed by atoms with Crippen LogP contribution in [0.2, 0.25) is 0 Å². The van der Waals surface area contributed by atoms with E-state index in [9.17, 15) is 14.0 Å². The van der Waals surface area contributed by atoms with Crippen LogP contribution in [0.15, 0.2) is 22.8 Å². The van der Waals surface area contributed by atoms with E-state index < -0.39 is 23.5 Å². The van der Waals surface area contributed by atoms with Crippen LogP contribution >= 0.6 is 0 Å². The van der Waals surface area contributed by atoms with Gasteiger partial charge in [0.15, 0.2) is 5.69 Å². The maximum atomic E-state index is 13.9. The molecule has 146 valence electrons. The van der Waals surface area contributed by atoms with Gasteiger partial charge in [-0.05, 0) is 64.8 Å². The van der Waals surface area contributed by atoms with E-state index in [-0.39, 0.29) is 18.3 Å². The number of hydrogen-bond donors (Lipinski definition) is 0. The molecule has 0 aliphatic carbocycles. The molecule has 0 aliphatic heterocycles. The first kappa shape index (κ1) is 20.4. The molecule has 1 aromatic carbocycles. The number of rotatable bonds is 4. The first-order chi connectivity index (χ1) is 12.5. The molecule has 7 nitrogen and oxygen atoms in total. The first-order valence-corrected chi connectivity index (χ1v) is 8.46. The van der Waals surface area contributed by atoms with Gasteiger partial charge in [0.1, 0.15) is 17.7 Å². The normalized spacial score (nSPS) is 11.2. The van der Waals surface area contributed by atoms with E-state index in [2.05, 4.69) is 4.98 Å². The van der Waals surface area contributed by atoms with E-state index in [0.717, 1.165) is 11.2 Å². The number of oxazole rings is 1. The fraction of sp³-hybridized carbons (Fsp3) is 0.421. The molecular formula is C19H23FN2O5. The Morgan fingerprint density at radius 3 is 2.48 bits per heavy atom. The number of aromatic nitrogens is 1. The summed E-state index contributed by atoms with van der Waals surface area (Å²) in [6, 6.07) is 2.61. The smallest absolute Gasteiger partial charge is 0.423 e. The van der Waals surface area contributed by atoms with Gasteiger partial charge in [-0.3, -0.25) is 0 Å². The topological polar surface area (TPSA) is 81.9 Å². The molecule has 0 N–H and O–H groups in total. The second kappa shape index (κ2) is 7.77. The number of carbonyl (C=O) groups excluding carboxylic acids is 2. The van der Waals surface area contributed by atoms with Crippen LogP contribution in [0.25, 0.3) is 0 Å². The lowest BCUT2D eigenvalue weighted by atomic mass is 10.1. The van der Waals surface area contributed by atoms with Crippen LogP contribution in [0.1, 0.15) is 49.3 Å². The molecule has 0 saturated heterocycles. The summed E-state index contributed by atoms with van der Waals surface area (Å²) in [6.45, 7) is 10.2. The highest BCUT2D eigenvalue weighted by atomic mass is 19.1. The summed E-state index contributed by atoms with van der Waals surface area (Å²) in [5.74, 6) is -1.08. The van der Waals surface area contributed by atoms with E-state index >= 15 is 0 Å². The van der Waals surface area contributed by atoms with Crippen LogP contribution in [0.5, 0.6) is 0 Å². The van der Waals surface area contributed by atoms with Crippen LogP contribution < -0.4 is 4.90 Å². The fourth-order valence-electron chi connectivity index (χ4n) is 2.26. The van der Waals surface area contributed by atoms with Crippen LogP contribution in [0.4, 0.5) is 20.9 Å². The number of anilines is 2. The van der Waals surface area contributed by atoms with E-state index in [1.807, 2.05) is 0 Å². The number of ether oxygens (including phenoxy) is 2. The highest BCUT2D eigenvalue weighted by molar-refractivity contribution is 5.95. The Labute approximate surface area is 157 Å². The van der Waals surface area contributed by atoms with Gasteiger partial charge in [-0.15, -0.1) is 0 Å². The Morgan fingerprint density at radius 1 is 1.22 bits per heavy atom. The van der Waals surface area contributed by atoms with Gasteiger partial charge in [0.05, 0.1) is 12.3 Å². The molecule has 2 rings (SSSR count). The van der Waals surface area contributed by atoms with Gasteiger partial charge < -0.3 is 13.9 Å². The van der Waals surface area contributed by atoms with Crippen molar-refractivity contribution >= 4 is 23.8 Å². The number of carbonyl (C=O) groups is 2. The van der Waals surface area contributed by atoms with Crippen molar-refractivity contribution in [2.45, 2.75) is 47.1 Å². The average molecular weight is 378 g/mol. The van der Waals surface area contributed by atoms with Crippen molar-refractivity contribution in [3.63, 3.8) is 0 Å². The Kier molecular flexibility index (Phi) is 5.88. The van der Waals surface area contributed by atoms with Gasteiger partial charge in [0, 0.05) is 0 Å². The molecule has 2 aromatic rings. The summed E-state index contributed by atoms with van der Waals surface area (Å²) in [5.41, 5.74) is 0.271. The van der Waals surface area contributed by atoms with Crippen LogP contribution in [0.3, 0.4) is 0 Å². The molecular weight excluding hydrogens is 355 g/mol. The predicted octanol–water partition coefficient (Wildman–Crippen LogP) is 4.68. The molecule has 0 saturated carbocycles. The lowest BCUT2D eigenvalue weighted by Crippen LogP contribution is -2.34. The summed E-state index contributed by atoms with van der Waals surface area (Å²) < 4.78 is 29.5. The highest BCUT2D eigenvalue weighted by Gasteiger charge is 2.30. The van der Waals surface area contributed by atoms with Crippen molar-refractivity contribution in [2.24, 2.45) is 0 Å². The minimum Gasteiger partial charge on any atom is -0.461 e. The molecule has 1 aromatic heterocycles. The monoisotopic (exact) mass is 378 g/mol. The lowest BCUT2D eigenvalue weighted by Gasteiger charge is -2.26. The van der Waals surface area contributed by atoms with Crippen molar-refractivity contribution in [1.82, 2.24) is 4.98 Å². The number of nitrogens with zero attached hydrogens (tertiary/aromatic N) is 2. The minimum absolute atomic E-state index is 0.0862. The SMILES string of the molecule is CCOC(=O)c1coc(N(C(=O)OC(C)(C)C)c2cc(C)c(F)cc2C)n1. The highest BCUT2D eigenvalue weighted by Crippen LogP contribution is 2.32. The minimum atomic E-state index is -0.783. The van der Waals surface area contributed by atoms with E-state index in [4.69, 9.17) is 13.9 Å². The predicted molar refractivity (Wildman–Crippen MR) is 96.7 cm³/mol. The van der Waals surface area contributed by atoms with Crippen molar-refractivity contribution in [1.29, 1.82) is 0 Å². The van der Waals surface area contributed by atoms with E-state index in [1.165, 1.54) is 12.1 Å². The number of benzene rings is 1. The first-order valence-electron chi connectivity index (χ1n) is 8.46. The molecule has 0 aliphatic rings.